The first-order valence-corrected chi connectivity index (χ1v) is 7.59. The largest absolute Gasteiger partial charge is 0.426 e. The van der Waals surface area contributed by atoms with E-state index in [2.05, 4.69) is 11.9 Å². The van der Waals surface area contributed by atoms with Crippen LogP contribution in [0.1, 0.15) is 43.5 Å². The maximum atomic E-state index is 11.4. The van der Waals surface area contributed by atoms with Gasteiger partial charge >= 0.3 is 5.97 Å². The summed E-state index contributed by atoms with van der Waals surface area (Å²) in [5, 5.41) is 1.42. The van der Waals surface area contributed by atoms with Gasteiger partial charge in [0.15, 0.2) is 0 Å². The Labute approximate surface area is 130 Å². The highest BCUT2D eigenvalue weighted by Crippen LogP contribution is 2.35. The summed E-state index contributed by atoms with van der Waals surface area (Å²) in [5.74, 6) is 0.241. The number of benzene rings is 1. The van der Waals surface area contributed by atoms with Crippen LogP contribution < -0.4 is 4.74 Å². The summed E-state index contributed by atoms with van der Waals surface area (Å²) in [5.41, 5.74) is 3.53. The van der Waals surface area contributed by atoms with Gasteiger partial charge in [0, 0.05) is 23.6 Å². The molecule has 0 saturated heterocycles. The SMILES string of the molecule is CCCCc1cc(Cl)c2nc(C)c(C)c(OC(C)=O)c2c1. The number of unbranched alkanes of at least 4 members (excludes halogenated alkanes) is 1. The van der Waals surface area contributed by atoms with Crippen LogP contribution in [-0.2, 0) is 11.2 Å². The van der Waals surface area contributed by atoms with Gasteiger partial charge in [-0.05, 0) is 44.4 Å². The zero-order valence-electron chi connectivity index (χ0n) is 12.9. The first kappa shape index (κ1) is 15.8. The smallest absolute Gasteiger partial charge is 0.308 e. The fraction of sp³-hybridized carbons (Fsp3) is 0.412. The summed E-state index contributed by atoms with van der Waals surface area (Å²) >= 11 is 6.37. The van der Waals surface area contributed by atoms with Crippen molar-refractivity contribution in [3.8, 4) is 5.75 Å². The minimum absolute atomic E-state index is 0.333. The van der Waals surface area contributed by atoms with Crippen molar-refractivity contribution in [2.45, 2.75) is 47.0 Å². The number of nitrogens with zero attached hydrogens (tertiary/aromatic N) is 1. The van der Waals surface area contributed by atoms with Crippen LogP contribution in [0.15, 0.2) is 12.1 Å². The zero-order valence-corrected chi connectivity index (χ0v) is 13.7. The Morgan fingerprint density at radius 3 is 2.67 bits per heavy atom. The van der Waals surface area contributed by atoms with Crippen LogP contribution in [0.3, 0.4) is 0 Å². The molecule has 0 radical (unpaired) electrons. The number of carbonyl (C=O) groups excluding carboxylic acids is 1. The van der Waals surface area contributed by atoms with E-state index in [0.29, 0.717) is 16.3 Å². The Kier molecular flexibility index (Phi) is 4.84. The molecule has 1 heterocycles. The van der Waals surface area contributed by atoms with E-state index < -0.39 is 0 Å². The fourth-order valence-corrected chi connectivity index (χ4v) is 2.64. The lowest BCUT2D eigenvalue weighted by atomic mass is 10.0. The number of halogens is 1. The number of fused-ring (bicyclic) bond motifs is 1. The zero-order chi connectivity index (χ0) is 15.6. The van der Waals surface area contributed by atoms with E-state index in [9.17, 15) is 4.79 Å². The average Bonchev–Trinajstić information content (AvgIpc) is 2.42. The third-order valence-electron chi connectivity index (χ3n) is 3.60. The number of hydrogen-bond donors (Lipinski definition) is 0. The molecule has 0 aliphatic rings. The molecule has 0 atom stereocenters. The van der Waals surface area contributed by atoms with Gasteiger partial charge in [-0.2, -0.15) is 0 Å². The summed E-state index contributed by atoms with van der Waals surface area (Å²) in [4.78, 5) is 15.9. The Balaban J connectivity index is 2.68. The van der Waals surface area contributed by atoms with Crippen molar-refractivity contribution in [3.63, 3.8) is 0 Å². The number of hydrogen-bond acceptors (Lipinski definition) is 3. The predicted molar refractivity (Wildman–Crippen MR) is 86.1 cm³/mol. The first-order valence-electron chi connectivity index (χ1n) is 7.21. The van der Waals surface area contributed by atoms with Crippen LogP contribution in [0.5, 0.6) is 5.75 Å². The maximum Gasteiger partial charge on any atom is 0.308 e. The number of carbonyl (C=O) groups is 1. The number of esters is 1. The number of rotatable bonds is 4. The third-order valence-corrected chi connectivity index (χ3v) is 3.88. The predicted octanol–water partition coefficient (Wildman–Crippen LogP) is 4.77. The van der Waals surface area contributed by atoms with Gasteiger partial charge in [0.05, 0.1) is 10.5 Å². The summed E-state index contributed by atoms with van der Waals surface area (Å²) < 4.78 is 5.42. The van der Waals surface area contributed by atoms with Crippen molar-refractivity contribution < 1.29 is 9.53 Å². The number of pyridine rings is 1. The maximum absolute atomic E-state index is 11.4. The quantitative estimate of drug-likeness (QED) is 0.764. The van der Waals surface area contributed by atoms with Gasteiger partial charge in [0.2, 0.25) is 0 Å². The van der Waals surface area contributed by atoms with Gasteiger partial charge in [-0.1, -0.05) is 24.9 Å². The number of aromatic nitrogens is 1. The van der Waals surface area contributed by atoms with E-state index in [0.717, 1.165) is 41.5 Å². The minimum Gasteiger partial charge on any atom is -0.426 e. The molecule has 21 heavy (non-hydrogen) atoms. The molecule has 0 N–H and O–H groups in total. The van der Waals surface area contributed by atoms with Crippen LogP contribution in [0, 0.1) is 13.8 Å². The van der Waals surface area contributed by atoms with E-state index in [-0.39, 0.29) is 5.97 Å². The van der Waals surface area contributed by atoms with Crippen molar-refractivity contribution in [3.05, 3.63) is 34.0 Å². The molecule has 0 saturated carbocycles. The Hall–Kier alpha value is -1.61. The first-order chi connectivity index (χ1) is 9.93. The molecule has 0 unspecified atom stereocenters. The van der Waals surface area contributed by atoms with Crippen molar-refractivity contribution in [2.24, 2.45) is 0 Å². The molecular formula is C17H20ClNO2. The lowest BCUT2D eigenvalue weighted by molar-refractivity contribution is -0.131. The Morgan fingerprint density at radius 1 is 1.33 bits per heavy atom. The highest BCUT2D eigenvalue weighted by atomic mass is 35.5. The van der Waals surface area contributed by atoms with E-state index in [1.807, 2.05) is 26.0 Å². The monoisotopic (exact) mass is 305 g/mol. The van der Waals surface area contributed by atoms with Crippen LogP contribution in [0.25, 0.3) is 10.9 Å². The molecule has 0 spiro atoms. The second-order valence-corrected chi connectivity index (χ2v) is 5.73. The lowest BCUT2D eigenvalue weighted by Gasteiger charge is -2.14. The molecule has 4 heteroatoms. The molecule has 2 aromatic rings. The number of aryl methyl sites for hydroxylation is 2. The second kappa shape index (κ2) is 6.44. The van der Waals surface area contributed by atoms with Crippen LogP contribution in [0.2, 0.25) is 5.02 Å². The van der Waals surface area contributed by atoms with Gasteiger partial charge in [0.25, 0.3) is 0 Å². The van der Waals surface area contributed by atoms with Gasteiger partial charge in [0.1, 0.15) is 5.75 Å². The van der Waals surface area contributed by atoms with Gasteiger partial charge in [-0.25, -0.2) is 0 Å². The molecule has 0 fully saturated rings. The van der Waals surface area contributed by atoms with Crippen molar-refractivity contribution in [1.29, 1.82) is 0 Å². The number of ether oxygens (including phenoxy) is 1. The normalized spacial score (nSPS) is 10.9. The summed E-state index contributed by atoms with van der Waals surface area (Å²) in [6, 6.07) is 3.99. The molecular weight excluding hydrogens is 286 g/mol. The van der Waals surface area contributed by atoms with Crippen LogP contribution >= 0.6 is 11.6 Å². The third kappa shape index (κ3) is 3.35. The minimum atomic E-state index is -0.333. The molecule has 1 aromatic heterocycles. The highest BCUT2D eigenvalue weighted by molar-refractivity contribution is 6.35. The molecule has 0 aliphatic heterocycles. The summed E-state index contributed by atoms with van der Waals surface area (Å²) in [6.45, 7) is 7.36. The summed E-state index contributed by atoms with van der Waals surface area (Å²) in [7, 11) is 0. The topological polar surface area (TPSA) is 39.2 Å². The second-order valence-electron chi connectivity index (χ2n) is 5.32. The lowest BCUT2D eigenvalue weighted by Crippen LogP contribution is -2.06. The molecule has 112 valence electrons. The average molecular weight is 306 g/mol. The van der Waals surface area contributed by atoms with E-state index in [1.54, 1.807) is 0 Å². The molecule has 0 bridgehead atoms. The highest BCUT2D eigenvalue weighted by Gasteiger charge is 2.15. The van der Waals surface area contributed by atoms with E-state index in [1.165, 1.54) is 6.92 Å². The Morgan fingerprint density at radius 2 is 2.05 bits per heavy atom. The molecule has 2 rings (SSSR count). The van der Waals surface area contributed by atoms with Gasteiger partial charge in [-0.15, -0.1) is 0 Å². The molecule has 0 amide bonds. The van der Waals surface area contributed by atoms with Gasteiger partial charge in [-0.3, -0.25) is 9.78 Å². The Bertz CT molecular complexity index is 695. The van der Waals surface area contributed by atoms with Crippen LogP contribution in [0.4, 0.5) is 0 Å². The van der Waals surface area contributed by atoms with E-state index >= 15 is 0 Å². The van der Waals surface area contributed by atoms with Crippen molar-refractivity contribution in [2.75, 3.05) is 0 Å². The van der Waals surface area contributed by atoms with Crippen molar-refractivity contribution in [1.82, 2.24) is 4.98 Å². The molecule has 3 nitrogen and oxygen atoms in total. The fourth-order valence-electron chi connectivity index (χ4n) is 2.36. The molecule has 1 aromatic carbocycles. The van der Waals surface area contributed by atoms with E-state index in [4.69, 9.17) is 16.3 Å². The molecule has 0 aliphatic carbocycles. The standard InChI is InChI=1S/C17H20ClNO2/c1-5-6-7-13-8-14-16(15(18)9-13)19-11(3)10(2)17(14)21-12(4)20/h8-9H,5-7H2,1-4H3. The van der Waals surface area contributed by atoms with Gasteiger partial charge < -0.3 is 4.74 Å². The van der Waals surface area contributed by atoms with Crippen LogP contribution in [-0.4, -0.2) is 11.0 Å². The van der Waals surface area contributed by atoms with Crippen molar-refractivity contribution >= 4 is 28.5 Å². The summed E-state index contributed by atoms with van der Waals surface area (Å²) in [6.07, 6.45) is 3.18.